The van der Waals surface area contributed by atoms with E-state index in [0.29, 0.717) is 11.8 Å². The maximum absolute atomic E-state index is 4.79. The fourth-order valence-corrected chi connectivity index (χ4v) is 3.23. The van der Waals surface area contributed by atoms with Gasteiger partial charge in [0.25, 0.3) is 0 Å². The van der Waals surface area contributed by atoms with Gasteiger partial charge in [-0.25, -0.2) is 9.97 Å². The number of nitrogens with one attached hydrogen (secondary N) is 1. The summed E-state index contributed by atoms with van der Waals surface area (Å²) in [7, 11) is 0. The van der Waals surface area contributed by atoms with E-state index in [0.717, 1.165) is 36.9 Å². The molecular formula is C15H23N5. The zero-order valence-electron chi connectivity index (χ0n) is 12.5. The van der Waals surface area contributed by atoms with Crippen LogP contribution in [-0.4, -0.2) is 34.0 Å². The van der Waals surface area contributed by atoms with Gasteiger partial charge in [-0.1, -0.05) is 13.8 Å². The van der Waals surface area contributed by atoms with E-state index in [2.05, 4.69) is 40.4 Å². The molecule has 5 heteroatoms. The van der Waals surface area contributed by atoms with Crippen LogP contribution in [0.4, 0.5) is 11.6 Å². The smallest absolute Gasteiger partial charge is 0.180 e. The van der Waals surface area contributed by atoms with Gasteiger partial charge in [0, 0.05) is 32.0 Å². The van der Waals surface area contributed by atoms with Gasteiger partial charge in [0.15, 0.2) is 11.5 Å². The van der Waals surface area contributed by atoms with Crippen LogP contribution in [0.15, 0.2) is 18.6 Å². The molecule has 2 unspecified atom stereocenters. The first kappa shape index (κ1) is 13.2. The van der Waals surface area contributed by atoms with E-state index in [-0.39, 0.29) is 0 Å². The van der Waals surface area contributed by atoms with Crippen LogP contribution in [0.25, 0.3) is 5.65 Å². The van der Waals surface area contributed by atoms with Gasteiger partial charge in [0.1, 0.15) is 5.82 Å². The molecule has 1 fully saturated rings. The molecule has 3 heterocycles. The van der Waals surface area contributed by atoms with Crippen molar-refractivity contribution in [2.45, 2.75) is 27.2 Å². The Labute approximate surface area is 120 Å². The number of hydrogen-bond acceptors (Lipinski definition) is 4. The SMILES string of the molecule is CCNc1cn2ccnc2c(N2CC(C)CC(C)C2)n1. The molecule has 1 aliphatic heterocycles. The van der Waals surface area contributed by atoms with Crippen LogP contribution in [0, 0.1) is 11.8 Å². The van der Waals surface area contributed by atoms with Gasteiger partial charge in [0.2, 0.25) is 0 Å². The van der Waals surface area contributed by atoms with Crippen molar-refractivity contribution in [1.82, 2.24) is 14.4 Å². The Hall–Kier alpha value is -1.78. The summed E-state index contributed by atoms with van der Waals surface area (Å²) in [6.45, 7) is 9.73. The van der Waals surface area contributed by atoms with Gasteiger partial charge in [-0.05, 0) is 25.2 Å². The molecule has 0 aromatic carbocycles. The highest BCUT2D eigenvalue weighted by molar-refractivity contribution is 5.67. The van der Waals surface area contributed by atoms with Crippen molar-refractivity contribution < 1.29 is 0 Å². The molecule has 1 saturated heterocycles. The molecule has 2 aromatic heterocycles. The first-order chi connectivity index (χ1) is 9.67. The number of imidazole rings is 1. The van der Waals surface area contributed by atoms with E-state index in [1.165, 1.54) is 6.42 Å². The molecule has 3 rings (SSSR count). The van der Waals surface area contributed by atoms with Crippen LogP contribution in [0.1, 0.15) is 27.2 Å². The van der Waals surface area contributed by atoms with Crippen LogP contribution in [0.3, 0.4) is 0 Å². The van der Waals surface area contributed by atoms with E-state index < -0.39 is 0 Å². The average Bonchev–Trinajstić information content (AvgIpc) is 2.85. The minimum Gasteiger partial charge on any atom is -0.369 e. The van der Waals surface area contributed by atoms with Gasteiger partial charge >= 0.3 is 0 Å². The van der Waals surface area contributed by atoms with Gasteiger partial charge in [-0.15, -0.1) is 0 Å². The maximum Gasteiger partial charge on any atom is 0.180 e. The van der Waals surface area contributed by atoms with E-state index in [9.17, 15) is 0 Å². The Morgan fingerprint density at radius 3 is 2.75 bits per heavy atom. The molecule has 0 amide bonds. The monoisotopic (exact) mass is 273 g/mol. The van der Waals surface area contributed by atoms with Crippen LogP contribution >= 0.6 is 0 Å². The lowest BCUT2D eigenvalue weighted by Gasteiger charge is -2.35. The number of rotatable bonds is 3. The molecule has 2 atom stereocenters. The summed E-state index contributed by atoms with van der Waals surface area (Å²) in [5.74, 6) is 3.34. The van der Waals surface area contributed by atoms with Gasteiger partial charge in [-0.3, -0.25) is 0 Å². The number of piperidine rings is 1. The molecular weight excluding hydrogens is 250 g/mol. The largest absolute Gasteiger partial charge is 0.369 e. The number of fused-ring (bicyclic) bond motifs is 1. The predicted octanol–water partition coefficient (Wildman–Crippen LogP) is 2.64. The summed E-state index contributed by atoms with van der Waals surface area (Å²) in [4.78, 5) is 11.7. The number of aromatic nitrogens is 3. The van der Waals surface area contributed by atoms with Crippen molar-refractivity contribution in [3.05, 3.63) is 18.6 Å². The van der Waals surface area contributed by atoms with Crippen LogP contribution < -0.4 is 10.2 Å². The van der Waals surface area contributed by atoms with Crippen molar-refractivity contribution in [3.63, 3.8) is 0 Å². The third-order valence-corrected chi connectivity index (χ3v) is 3.88. The molecule has 0 bridgehead atoms. The summed E-state index contributed by atoms with van der Waals surface area (Å²) in [6, 6.07) is 0. The third kappa shape index (κ3) is 2.44. The van der Waals surface area contributed by atoms with Crippen LogP contribution in [-0.2, 0) is 0 Å². The lowest BCUT2D eigenvalue weighted by atomic mass is 9.92. The summed E-state index contributed by atoms with van der Waals surface area (Å²) in [5, 5.41) is 3.30. The highest BCUT2D eigenvalue weighted by Crippen LogP contribution is 2.28. The summed E-state index contributed by atoms with van der Waals surface area (Å²) in [6.07, 6.45) is 7.13. The van der Waals surface area contributed by atoms with Crippen LogP contribution in [0.5, 0.6) is 0 Å². The van der Waals surface area contributed by atoms with Crippen molar-refractivity contribution in [2.75, 3.05) is 29.9 Å². The Balaban J connectivity index is 2.02. The van der Waals surface area contributed by atoms with E-state index in [1.54, 1.807) is 0 Å². The van der Waals surface area contributed by atoms with Crippen molar-refractivity contribution in [2.24, 2.45) is 11.8 Å². The second-order valence-corrected chi connectivity index (χ2v) is 5.99. The van der Waals surface area contributed by atoms with Crippen molar-refractivity contribution in [3.8, 4) is 0 Å². The Kier molecular flexibility index (Phi) is 3.51. The first-order valence-electron chi connectivity index (χ1n) is 7.50. The average molecular weight is 273 g/mol. The second kappa shape index (κ2) is 5.31. The highest BCUT2D eigenvalue weighted by atomic mass is 15.2. The van der Waals surface area contributed by atoms with Crippen molar-refractivity contribution >= 4 is 17.3 Å². The zero-order chi connectivity index (χ0) is 14.1. The minimum atomic E-state index is 0.707. The molecule has 1 N–H and O–H groups in total. The fourth-order valence-electron chi connectivity index (χ4n) is 3.23. The molecule has 108 valence electrons. The Bertz CT molecular complexity index is 581. The number of nitrogens with zero attached hydrogens (tertiary/aromatic N) is 4. The topological polar surface area (TPSA) is 45.5 Å². The molecule has 1 aliphatic rings. The molecule has 2 aromatic rings. The number of hydrogen-bond donors (Lipinski definition) is 1. The highest BCUT2D eigenvalue weighted by Gasteiger charge is 2.25. The normalized spacial score (nSPS) is 23.2. The number of anilines is 2. The first-order valence-corrected chi connectivity index (χ1v) is 7.50. The Morgan fingerprint density at radius 1 is 1.30 bits per heavy atom. The van der Waals surface area contributed by atoms with Crippen LogP contribution in [0.2, 0.25) is 0 Å². The lowest BCUT2D eigenvalue weighted by Crippen LogP contribution is -2.39. The lowest BCUT2D eigenvalue weighted by molar-refractivity contribution is 0.355. The fraction of sp³-hybridized carbons (Fsp3) is 0.600. The third-order valence-electron chi connectivity index (χ3n) is 3.88. The molecule has 5 nitrogen and oxygen atoms in total. The van der Waals surface area contributed by atoms with E-state index in [1.807, 2.05) is 18.6 Å². The van der Waals surface area contributed by atoms with Gasteiger partial charge < -0.3 is 14.6 Å². The zero-order valence-corrected chi connectivity index (χ0v) is 12.5. The van der Waals surface area contributed by atoms with Crippen molar-refractivity contribution in [1.29, 1.82) is 0 Å². The Morgan fingerprint density at radius 2 is 2.05 bits per heavy atom. The summed E-state index contributed by atoms with van der Waals surface area (Å²) in [5.41, 5.74) is 0.952. The molecule has 0 aliphatic carbocycles. The quantitative estimate of drug-likeness (QED) is 0.934. The van der Waals surface area contributed by atoms with E-state index >= 15 is 0 Å². The molecule has 0 saturated carbocycles. The summed E-state index contributed by atoms with van der Waals surface area (Å²) >= 11 is 0. The minimum absolute atomic E-state index is 0.707. The van der Waals surface area contributed by atoms with E-state index in [4.69, 9.17) is 4.98 Å². The second-order valence-electron chi connectivity index (χ2n) is 5.99. The molecule has 0 spiro atoms. The molecule has 0 radical (unpaired) electrons. The standard InChI is InChI=1S/C15H23N5/c1-4-16-13-10-19-6-5-17-14(19)15(18-13)20-8-11(2)7-12(3)9-20/h5-6,10-12,16H,4,7-9H2,1-3H3. The molecule has 20 heavy (non-hydrogen) atoms. The summed E-state index contributed by atoms with van der Waals surface area (Å²) < 4.78 is 2.06. The predicted molar refractivity (Wildman–Crippen MR) is 82.3 cm³/mol. The maximum atomic E-state index is 4.79. The van der Waals surface area contributed by atoms with Gasteiger partial charge in [-0.2, -0.15) is 0 Å². The van der Waals surface area contributed by atoms with Gasteiger partial charge in [0.05, 0.1) is 6.20 Å².